The van der Waals surface area contributed by atoms with Crippen LogP contribution in [0.25, 0.3) is 6.08 Å². The molecule has 0 saturated heterocycles. The van der Waals surface area contributed by atoms with E-state index in [1.165, 1.54) is 21.3 Å². The quantitative estimate of drug-likeness (QED) is 0.479. The molecule has 2 aromatic rings. The maximum Gasteiger partial charge on any atom is 0.267 e. The van der Waals surface area contributed by atoms with Crippen LogP contribution in [-0.4, -0.2) is 64.2 Å². The lowest BCUT2D eigenvalue weighted by Gasteiger charge is -2.18. The molecule has 33 heavy (non-hydrogen) atoms. The van der Waals surface area contributed by atoms with E-state index in [2.05, 4.69) is 29.4 Å². The number of carbonyl (C=O) groups excluding carboxylic acids is 2. The van der Waals surface area contributed by atoms with E-state index >= 15 is 0 Å². The molecule has 8 nitrogen and oxygen atoms in total. The van der Waals surface area contributed by atoms with Gasteiger partial charge in [0.25, 0.3) is 11.8 Å². The number of methoxy groups -OCH3 is 3. The Labute approximate surface area is 195 Å². The summed E-state index contributed by atoms with van der Waals surface area (Å²) >= 11 is 0. The molecule has 0 aliphatic heterocycles. The first-order valence-corrected chi connectivity index (χ1v) is 10.9. The number of amides is 2. The lowest BCUT2D eigenvalue weighted by atomic mass is 10.1. The van der Waals surface area contributed by atoms with Crippen molar-refractivity contribution in [1.29, 1.82) is 0 Å². The maximum atomic E-state index is 13.0. The Balaban J connectivity index is 2.36. The van der Waals surface area contributed by atoms with Crippen LogP contribution in [0.1, 0.15) is 29.8 Å². The van der Waals surface area contributed by atoms with Gasteiger partial charge in [0, 0.05) is 18.7 Å². The van der Waals surface area contributed by atoms with Crippen LogP contribution < -0.4 is 24.8 Å². The van der Waals surface area contributed by atoms with E-state index in [1.807, 2.05) is 6.07 Å². The van der Waals surface area contributed by atoms with Crippen molar-refractivity contribution >= 4 is 17.9 Å². The van der Waals surface area contributed by atoms with Crippen LogP contribution in [-0.2, 0) is 4.79 Å². The number of benzene rings is 2. The summed E-state index contributed by atoms with van der Waals surface area (Å²) < 4.78 is 16.2. The average Bonchev–Trinajstić information content (AvgIpc) is 2.85. The van der Waals surface area contributed by atoms with Gasteiger partial charge in [-0.2, -0.15) is 0 Å². The Morgan fingerprint density at radius 3 is 2.06 bits per heavy atom. The van der Waals surface area contributed by atoms with Crippen molar-refractivity contribution < 1.29 is 23.8 Å². The normalized spacial score (nSPS) is 11.2. The van der Waals surface area contributed by atoms with Gasteiger partial charge in [-0.15, -0.1) is 0 Å². The molecule has 0 saturated carbocycles. The number of rotatable bonds is 12. The summed E-state index contributed by atoms with van der Waals surface area (Å²) in [5, 5.41) is 5.62. The Kier molecular flexibility index (Phi) is 10.2. The van der Waals surface area contributed by atoms with Crippen LogP contribution in [0.2, 0.25) is 0 Å². The summed E-state index contributed by atoms with van der Waals surface area (Å²) in [6.45, 7) is 7.09. The van der Waals surface area contributed by atoms with Crippen molar-refractivity contribution in [3.8, 4) is 17.2 Å². The second kappa shape index (κ2) is 13.1. The minimum atomic E-state index is -0.389. The fourth-order valence-corrected chi connectivity index (χ4v) is 3.26. The molecule has 0 heterocycles. The van der Waals surface area contributed by atoms with Gasteiger partial charge in [-0.05, 0) is 49.0 Å². The van der Waals surface area contributed by atoms with Crippen LogP contribution in [0.15, 0.2) is 48.2 Å². The summed E-state index contributed by atoms with van der Waals surface area (Å²) in [7, 11) is 4.55. The summed E-state index contributed by atoms with van der Waals surface area (Å²) in [6.07, 6.45) is 1.58. The summed E-state index contributed by atoms with van der Waals surface area (Å²) in [5.74, 6) is 0.557. The fraction of sp³-hybridized carbons (Fsp3) is 0.360. The number of hydrogen-bond acceptors (Lipinski definition) is 6. The summed E-state index contributed by atoms with van der Waals surface area (Å²) in [6, 6.07) is 12.1. The molecule has 0 atom stereocenters. The second-order valence-corrected chi connectivity index (χ2v) is 7.12. The van der Waals surface area contributed by atoms with Gasteiger partial charge in [0.2, 0.25) is 5.75 Å². The zero-order valence-corrected chi connectivity index (χ0v) is 19.9. The van der Waals surface area contributed by atoms with Crippen molar-refractivity contribution in [2.45, 2.75) is 13.8 Å². The molecule has 0 bridgehead atoms. The zero-order chi connectivity index (χ0) is 24.2. The van der Waals surface area contributed by atoms with Gasteiger partial charge in [0.15, 0.2) is 11.5 Å². The van der Waals surface area contributed by atoms with Gasteiger partial charge >= 0.3 is 0 Å². The number of ether oxygens (including phenoxy) is 3. The largest absolute Gasteiger partial charge is 0.493 e. The van der Waals surface area contributed by atoms with E-state index < -0.39 is 0 Å². The summed E-state index contributed by atoms with van der Waals surface area (Å²) in [5.41, 5.74) is 1.16. The molecule has 8 heteroatoms. The van der Waals surface area contributed by atoms with Crippen molar-refractivity contribution in [1.82, 2.24) is 15.5 Å². The van der Waals surface area contributed by atoms with Gasteiger partial charge in [-0.3, -0.25) is 9.59 Å². The third-order valence-electron chi connectivity index (χ3n) is 5.13. The predicted molar refractivity (Wildman–Crippen MR) is 129 cm³/mol. The highest BCUT2D eigenvalue weighted by molar-refractivity contribution is 6.05. The monoisotopic (exact) mass is 455 g/mol. The van der Waals surface area contributed by atoms with Gasteiger partial charge in [-0.25, -0.2) is 0 Å². The number of nitrogens with zero attached hydrogens (tertiary/aromatic N) is 1. The van der Waals surface area contributed by atoms with E-state index in [0.717, 1.165) is 13.1 Å². The summed E-state index contributed by atoms with van der Waals surface area (Å²) in [4.78, 5) is 28.0. The molecule has 0 fully saturated rings. The zero-order valence-electron chi connectivity index (χ0n) is 19.9. The standard InChI is InChI=1S/C25H33N3O5/c1-6-28(7-2)14-13-26-25(30)20(27-24(29)19-11-9-8-10-12-19)15-18-16-21(31-3)23(33-5)22(17-18)32-4/h8-12,15-17H,6-7,13-14H2,1-5H3,(H,26,30)(H,27,29)/b20-15-. The van der Waals surface area contributed by atoms with Crippen LogP contribution in [0.5, 0.6) is 17.2 Å². The van der Waals surface area contributed by atoms with Gasteiger partial charge < -0.3 is 29.7 Å². The molecule has 0 unspecified atom stereocenters. The molecule has 0 spiro atoms. The maximum absolute atomic E-state index is 13.0. The van der Waals surface area contributed by atoms with E-state index in [0.29, 0.717) is 41.5 Å². The van der Waals surface area contributed by atoms with Crippen molar-refractivity contribution in [2.75, 3.05) is 47.5 Å². The van der Waals surface area contributed by atoms with Gasteiger partial charge in [0.1, 0.15) is 5.70 Å². The number of nitrogens with one attached hydrogen (secondary N) is 2. The topological polar surface area (TPSA) is 89.1 Å². The third-order valence-corrected chi connectivity index (χ3v) is 5.13. The third kappa shape index (κ3) is 7.25. The first-order valence-electron chi connectivity index (χ1n) is 10.9. The van der Waals surface area contributed by atoms with Crippen LogP contribution >= 0.6 is 0 Å². The van der Waals surface area contributed by atoms with Crippen molar-refractivity contribution in [2.24, 2.45) is 0 Å². The Hall–Kier alpha value is -3.52. The highest BCUT2D eigenvalue weighted by Gasteiger charge is 2.17. The Morgan fingerprint density at radius 2 is 1.55 bits per heavy atom. The molecule has 2 N–H and O–H groups in total. The number of carbonyl (C=O) groups is 2. The first-order chi connectivity index (χ1) is 16.0. The molecule has 178 valence electrons. The molecular formula is C25H33N3O5. The number of hydrogen-bond donors (Lipinski definition) is 2. The van der Waals surface area contributed by atoms with Crippen LogP contribution in [0, 0.1) is 0 Å². The van der Waals surface area contributed by atoms with Crippen molar-refractivity contribution in [3.05, 3.63) is 59.3 Å². The SMILES string of the molecule is CCN(CC)CCNC(=O)/C(=C/c1cc(OC)c(OC)c(OC)c1)NC(=O)c1ccccc1. The first kappa shape index (κ1) is 25.7. The van der Waals surface area contributed by atoms with Gasteiger partial charge in [-0.1, -0.05) is 32.0 Å². The highest BCUT2D eigenvalue weighted by atomic mass is 16.5. The number of likely N-dealkylation sites (N-methyl/N-ethyl adjacent to an activating group) is 1. The van der Waals surface area contributed by atoms with Crippen LogP contribution in [0.4, 0.5) is 0 Å². The molecule has 0 radical (unpaired) electrons. The molecule has 0 aromatic heterocycles. The molecule has 2 rings (SSSR count). The lowest BCUT2D eigenvalue weighted by molar-refractivity contribution is -0.117. The smallest absolute Gasteiger partial charge is 0.267 e. The van der Waals surface area contributed by atoms with Crippen LogP contribution in [0.3, 0.4) is 0 Å². The van der Waals surface area contributed by atoms with Crippen molar-refractivity contribution in [3.63, 3.8) is 0 Å². The van der Waals surface area contributed by atoms with E-state index in [9.17, 15) is 9.59 Å². The molecule has 2 amide bonds. The molecule has 0 aliphatic rings. The average molecular weight is 456 g/mol. The Bertz CT molecular complexity index is 931. The minimum Gasteiger partial charge on any atom is -0.493 e. The predicted octanol–water partition coefficient (Wildman–Crippen LogP) is 2.94. The van der Waals surface area contributed by atoms with E-state index in [-0.39, 0.29) is 17.5 Å². The van der Waals surface area contributed by atoms with E-state index in [1.54, 1.807) is 42.5 Å². The molecular weight excluding hydrogens is 422 g/mol. The van der Waals surface area contributed by atoms with Gasteiger partial charge in [0.05, 0.1) is 21.3 Å². The molecule has 0 aliphatic carbocycles. The highest BCUT2D eigenvalue weighted by Crippen LogP contribution is 2.38. The fourth-order valence-electron chi connectivity index (χ4n) is 3.26. The lowest BCUT2D eigenvalue weighted by Crippen LogP contribution is -2.39. The minimum absolute atomic E-state index is 0.109. The van der Waals surface area contributed by atoms with E-state index in [4.69, 9.17) is 14.2 Å². The Morgan fingerprint density at radius 1 is 0.939 bits per heavy atom. The molecule has 2 aromatic carbocycles. The second-order valence-electron chi connectivity index (χ2n) is 7.12.